The van der Waals surface area contributed by atoms with Gasteiger partial charge in [-0.15, -0.1) is 0 Å². The number of halogens is 4. The van der Waals surface area contributed by atoms with E-state index in [1.165, 1.54) is 0 Å². The molecule has 0 aliphatic rings. The van der Waals surface area contributed by atoms with Gasteiger partial charge in [-0.1, -0.05) is 63.7 Å². The van der Waals surface area contributed by atoms with Crippen LogP contribution in [-0.2, 0) is 13.6 Å². The highest BCUT2D eigenvalue weighted by Gasteiger charge is 2.21. The standard InChI is InChI=1S/C6H11Br4O4P/c7-5(8)1-3-13-15(11,12)14-4-2-6(9)10/h5-6H,1-4H2,(H,11,12). The maximum atomic E-state index is 11.2. The number of phosphoric ester groups is 1. The molecule has 0 aromatic carbocycles. The highest BCUT2D eigenvalue weighted by atomic mass is 79.9. The Morgan fingerprint density at radius 2 is 1.33 bits per heavy atom. The van der Waals surface area contributed by atoms with Crippen molar-refractivity contribution in [2.24, 2.45) is 0 Å². The number of hydrogen-bond acceptors (Lipinski definition) is 3. The second-order valence-corrected chi connectivity index (χ2v) is 10.8. The Kier molecular flexibility index (Phi) is 10.2. The average Bonchev–Trinajstić information content (AvgIpc) is 2.01. The first-order chi connectivity index (χ1) is 6.83. The molecule has 0 rings (SSSR count). The number of rotatable bonds is 8. The van der Waals surface area contributed by atoms with E-state index in [-0.39, 0.29) is 20.7 Å². The molecule has 0 atom stereocenters. The zero-order chi connectivity index (χ0) is 11.9. The maximum absolute atomic E-state index is 11.2. The van der Waals surface area contributed by atoms with E-state index in [2.05, 4.69) is 63.7 Å². The summed E-state index contributed by atoms with van der Waals surface area (Å²) in [6.07, 6.45) is 1.15. The Morgan fingerprint density at radius 1 is 1.00 bits per heavy atom. The molecule has 0 amide bonds. The fourth-order valence-electron chi connectivity index (χ4n) is 0.552. The van der Waals surface area contributed by atoms with Gasteiger partial charge in [0.2, 0.25) is 0 Å². The van der Waals surface area contributed by atoms with Crippen LogP contribution in [0.5, 0.6) is 0 Å². The molecule has 0 aliphatic carbocycles. The van der Waals surface area contributed by atoms with Crippen LogP contribution in [0.2, 0.25) is 0 Å². The van der Waals surface area contributed by atoms with E-state index >= 15 is 0 Å². The molecule has 15 heavy (non-hydrogen) atoms. The second kappa shape index (κ2) is 9.03. The molecule has 0 saturated carbocycles. The second-order valence-electron chi connectivity index (χ2n) is 2.49. The molecular formula is C6H11Br4O4P. The van der Waals surface area contributed by atoms with Crippen LogP contribution < -0.4 is 0 Å². The van der Waals surface area contributed by atoms with E-state index < -0.39 is 7.82 Å². The van der Waals surface area contributed by atoms with Crippen LogP contribution in [0.15, 0.2) is 0 Å². The quantitative estimate of drug-likeness (QED) is 0.405. The van der Waals surface area contributed by atoms with Crippen LogP contribution in [0.3, 0.4) is 0 Å². The Bertz CT molecular complexity index is 195. The van der Waals surface area contributed by atoms with Gasteiger partial charge in [-0.2, -0.15) is 0 Å². The van der Waals surface area contributed by atoms with Crippen molar-refractivity contribution < 1.29 is 18.5 Å². The summed E-state index contributed by atoms with van der Waals surface area (Å²) in [6.45, 7) is 0.308. The third-order valence-electron chi connectivity index (χ3n) is 1.18. The lowest BCUT2D eigenvalue weighted by Crippen LogP contribution is -2.02. The largest absolute Gasteiger partial charge is 0.472 e. The molecule has 92 valence electrons. The average molecular weight is 498 g/mol. The molecule has 0 aliphatic heterocycles. The summed E-state index contributed by atoms with van der Waals surface area (Å²) < 4.78 is 20.8. The van der Waals surface area contributed by atoms with Gasteiger partial charge in [0.25, 0.3) is 0 Å². The predicted molar refractivity (Wildman–Crippen MR) is 74.2 cm³/mol. The molecule has 0 unspecified atom stereocenters. The molecule has 0 spiro atoms. The third kappa shape index (κ3) is 12.3. The van der Waals surface area contributed by atoms with Gasteiger partial charge < -0.3 is 4.89 Å². The molecule has 9 heteroatoms. The predicted octanol–water partition coefficient (Wildman–Crippen LogP) is 4.13. The SMILES string of the molecule is O=P(O)(OCCC(Br)Br)OCCC(Br)Br. The van der Waals surface area contributed by atoms with E-state index in [0.29, 0.717) is 12.8 Å². The third-order valence-corrected chi connectivity index (χ3v) is 4.03. The molecular weight excluding hydrogens is 487 g/mol. The lowest BCUT2D eigenvalue weighted by atomic mass is 10.5. The minimum Gasteiger partial charge on any atom is -0.302 e. The minimum absolute atomic E-state index is 0.0689. The fraction of sp³-hybridized carbons (Fsp3) is 1.00. The maximum Gasteiger partial charge on any atom is 0.472 e. The lowest BCUT2D eigenvalue weighted by Gasteiger charge is -2.12. The molecule has 0 heterocycles. The van der Waals surface area contributed by atoms with E-state index in [4.69, 9.17) is 9.05 Å². The van der Waals surface area contributed by atoms with Gasteiger partial charge in [0.15, 0.2) is 0 Å². The highest BCUT2D eigenvalue weighted by molar-refractivity contribution is 9.25. The van der Waals surface area contributed by atoms with Crippen LogP contribution in [0.4, 0.5) is 0 Å². The van der Waals surface area contributed by atoms with Crippen molar-refractivity contribution in [1.82, 2.24) is 0 Å². The Labute approximate surface area is 123 Å². The fourth-order valence-corrected chi connectivity index (χ4v) is 2.05. The summed E-state index contributed by atoms with van der Waals surface area (Å²) in [6, 6.07) is 0. The van der Waals surface area contributed by atoms with Gasteiger partial charge >= 0.3 is 7.82 Å². The Hall–Kier alpha value is 2.03. The van der Waals surface area contributed by atoms with Gasteiger partial charge in [-0.25, -0.2) is 4.57 Å². The minimum atomic E-state index is -3.89. The summed E-state index contributed by atoms with van der Waals surface area (Å²) in [5.74, 6) is 0. The van der Waals surface area contributed by atoms with Crippen molar-refractivity contribution in [1.29, 1.82) is 0 Å². The monoisotopic (exact) mass is 494 g/mol. The highest BCUT2D eigenvalue weighted by Crippen LogP contribution is 2.43. The lowest BCUT2D eigenvalue weighted by molar-refractivity contribution is 0.150. The number of phosphoric acid groups is 1. The van der Waals surface area contributed by atoms with Crippen LogP contribution in [0.25, 0.3) is 0 Å². The van der Waals surface area contributed by atoms with Gasteiger partial charge in [0.1, 0.15) is 0 Å². The van der Waals surface area contributed by atoms with Crippen molar-refractivity contribution >= 4 is 71.5 Å². The molecule has 0 aromatic rings. The first kappa shape index (κ1) is 17.0. The first-order valence-electron chi connectivity index (χ1n) is 4.01. The molecule has 1 N–H and O–H groups in total. The number of alkyl halides is 4. The molecule has 4 nitrogen and oxygen atoms in total. The Morgan fingerprint density at radius 3 is 1.60 bits per heavy atom. The van der Waals surface area contributed by atoms with E-state index in [9.17, 15) is 9.46 Å². The van der Waals surface area contributed by atoms with Crippen molar-refractivity contribution in [2.75, 3.05) is 13.2 Å². The zero-order valence-corrected chi connectivity index (χ0v) is 14.9. The summed E-state index contributed by atoms with van der Waals surface area (Å²) in [5.41, 5.74) is 0. The van der Waals surface area contributed by atoms with Crippen molar-refractivity contribution in [3.63, 3.8) is 0 Å². The van der Waals surface area contributed by atoms with Gasteiger partial charge in [0.05, 0.1) is 20.7 Å². The summed E-state index contributed by atoms with van der Waals surface area (Å²) in [7, 11) is -3.89. The van der Waals surface area contributed by atoms with Crippen molar-refractivity contribution in [2.45, 2.75) is 20.3 Å². The molecule has 0 aromatic heterocycles. The van der Waals surface area contributed by atoms with E-state index in [1.807, 2.05) is 0 Å². The normalized spacial score (nSPS) is 12.7. The van der Waals surface area contributed by atoms with E-state index in [0.717, 1.165) is 0 Å². The van der Waals surface area contributed by atoms with Gasteiger partial charge in [-0.05, 0) is 12.8 Å². The summed E-state index contributed by atoms with van der Waals surface area (Å²) in [4.78, 5) is 9.19. The van der Waals surface area contributed by atoms with Gasteiger partial charge in [-0.3, -0.25) is 9.05 Å². The zero-order valence-electron chi connectivity index (χ0n) is 7.61. The van der Waals surface area contributed by atoms with Crippen LogP contribution in [0.1, 0.15) is 12.8 Å². The molecule has 0 bridgehead atoms. The van der Waals surface area contributed by atoms with Gasteiger partial charge in [0, 0.05) is 0 Å². The smallest absolute Gasteiger partial charge is 0.302 e. The molecule has 0 saturated heterocycles. The first-order valence-corrected chi connectivity index (χ1v) is 9.17. The van der Waals surface area contributed by atoms with Crippen molar-refractivity contribution in [3.05, 3.63) is 0 Å². The molecule has 0 radical (unpaired) electrons. The molecule has 0 fully saturated rings. The topological polar surface area (TPSA) is 55.8 Å². The van der Waals surface area contributed by atoms with Crippen LogP contribution >= 0.6 is 71.5 Å². The van der Waals surface area contributed by atoms with E-state index in [1.54, 1.807) is 0 Å². The summed E-state index contributed by atoms with van der Waals surface area (Å²) in [5, 5.41) is 0. The van der Waals surface area contributed by atoms with Crippen LogP contribution in [-0.4, -0.2) is 25.6 Å². The van der Waals surface area contributed by atoms with Crippen LogP contribution in [0, 0.1) is 0 Å². The Balaban J connectivity index is 3.63. The summed E-state index contributed by atoms with van der Waals surface area (Å²) >= 11 is 12.9. The number of hydrogen-bond donors (Lipinski definition) is 1. The van der Waals surface area contributed by atoms with Crippen molar-refractivity contribution in [3.8, 4) is 0 Å².